The van der Waals surface area contributed by atoms with Crippen molar-refractivity contribution in [3.05, 3.63) is 66.0 Å². The van der Waals surface area contributed by atoms with Gasteiger partial charge >= 0.3 is 0 Å². The molecule has 3 unspecified atom stereocenters. The molecular formula is C32H42N4O2. The Morgan fingerprint density at radius 2 is 1.68 bits per heavy atom. The molecule has 3 aliphatic heterocycles. The monoisotopic (exact) mass is 514 g/mol. The number of benzene rings is 2. The predicted octanol–water partition coefficient (Wildman–Crippen LogP) is 5.70. The highest BCUT2D eigenvalue weighted by molar-refractivity contribution is 5.81. The molecule has 3 saturated heterocycles. The summed E-state index contributed by atoms with van der Waals surface area (Å²) in [6.07, 6.45) is 5.77. The number of rotatable bonds is 5. The van der Waals surface area contributed by atoms with Crippen LogP contribution in [0.1, 0.15) is 70.3 Å². The average Bonchev–Trinajstić information content (AvgIpc) is 3.37. The minimum absolute atomic E-state index is 0.213. The molecule has 38 heavy (non-hydrogen) atoms. The number of ether oxygens (including phenoxy) is 1. The Kier molecular flexibility index (Phi) is 6.59. The summed E-state index contributed by atoms with van der Waals surface area (Å²) in [5, 5.41) is 0. The number of aromatic nitrogens is 2. The molecule has 0 N–H and O–H groups in total. The summed E-state index contributed by atoms with van der Waals surface area (Å²) in [4.78, 5) is 23.0. The van der Waals surface area contributed by atoms with E-state index in [1.165, 1.54) is 36.8 Å². The van der Waals surface area contributed by atoms with Crippen LogP contribution in [0.15, 0.2) is 54.6 Å². The molecule has 6 rings (SSSR count). The largest absolute Gasteiger partial charge is 0.367 e. The highest BCUT2D eigenvalue weighted by Gasteiger charge is 2.46. The zero-order valence-electron chi connectivity index (χ0n) is 23.4. The Labute approximate surface area is 227 Å². The SMILES string of the molecule is Cc1nc2ccccc2n1C1CC2CCC(C1)N2CCC1(c2ccccc2)CN(C(=O)C(C)(C)C)CCO1. The van der Waals surface area contributed by atoms with Crippen molar-refractivity contribution in [1.82, 2.24) is 19.4 Å². The number of fused-ring (bicyclic) bond motifs is 3. The quantitative estimate of drug-likeness (QED) is 0.438. The van der Waals surface area contributed by atoms with Gasteiger partial charge in [-0.2, -0.15) is 0 Å². The first-order chi connectivity index (χ1) is 18.2. The molecule has 6 nitrogen and oxygen atoms in total. The molecule has 202 valence electrons. The van der Waals surface area contributed by atoms with Crippen molar-refractivity contribution in [2.24, 2.45) is 5.41 Å². The molecule has 3 aliphatic rings. The highest BCUT2D eigenvalue weighted by Crippen LogP contribution is 2.44. The van der Waals surface area contributed by atoms with Crippen LogP contribution in [0.5, 0.6) is 0 Å². The molecule has 0 saturated carbocycles. The van der Waals surface area contributed by atoms with Gasteiger partial charge in [0.1, 0.15) is 11.4 Å². The lowest BCUT2D eigenvalue weighted by molar-refractivity contribution is -0.162. The van der Waals surface area contributed by atoms with Crippen LogP contribution >= 0.6 is 0 Å². The van der Waals surface area contributed by atoms with Crippen LogP contribution < -0.4 is 0 Å². The smallest absolute Gasteiger partial charge is 0.228 e. The van der Waals surface area contributed by atoms with Gasteiger partial charge in [0.2, 0.25) is 5.91 Å². The van der Waals surface area contributed by atoms with Crippen molar-refractivity contribution in [1.29, 1.82) is 0 Å². The van der Waals surface area contributed by atoms with Crippen molar-refractivity contribution in [3.8, 4) is 0 Å². The molecule has 2 bridgehead atoms. The third-order valence-electron chi connectivity index (χ3n) is 9.19. The van der Waals surface area contributed by atoms with E-state index in [1.807, 2.05) is 25.7 Å². The van der Waals surface area contributed by atoms with Crippen molar-refractivity contribution in [2.75, 3.05) is 26.2 Å². The van der Waals surface area contributed by atoms with Crippen LogP contribution in [0.25, 0.3) is 11.0 Å². The zero-order chi connectivity index (χ0) is 26.5. The number of morpholine rings is 1. The molecule has 6 heteroatoms. The van der Waals surface area contributed by atoms with Gasteiger partial charge < -0.3 is 14.2 Å². The number of imidazole rings is 1. The van der Waals surface area contributed by atoms with E-state index in [-0.39, 0.29) is 5.91 Å². The van der Waals surface area contributed by atoms with Crippen LogP contribution in [0.2, 0.25) is 0 Å². The Morgan fingerprint density at radius 1 is 1.00 bits per heavy atom. The van der Waals surface area contributed by atoms with E-state index in [1.54, 1.807) is 0 Å². The van der Waals surface area contributed by atoms with Gasteiger partial charge in [-0.05, 0) is 56.7 Å². The topological polar surface area (TPSA) is 50.6 Å². The predicted molar refractivity (Wildman–Crippen MR) is 151 cm³/mol. The number of aryl methyl sites for hydroxylation is 1. The van der Waals surface area contributed by atoms with Crippen LogP contribution in [0, 0.1) is 12.3 Å². The molecule has 2 aromatic carbocycles. The van der Waals surface area contributed by atoms with E-state index in [0.717, 1.165) is 24.3 Å². The fourth-order valence-corrected chi connectivity index (χ4v) is 7.40. The maximum Gasteiger partial charge on any atom is 0.228 e. The van der Waals surface area contributed by atoms with Crippen LogP contribution in [0.3, 0.4) is 0 Å². The van der Waals surface area contributed by atoms with Gasteiger partial charge in [-0.25, -0.2) is 4.98 Å². The third-order valence-corrected chi connectivity index (χ3v) is 9.19. The van der Waals surface area contributed by atoms with Gasteiger partial charge in [0.25, 0.3) is 0 Å². The minimum Gasteiger partial charge on any atom is -0.367 e. The molecule has 0 spiro atoms. The van der Waals surface area contributed by atoms with Gasteiger partial charge in [0.05, 0.1) is 24.2 Å². The standard InChI is InChI=1S/C32H42N4O2/c1-23-33-28-12-8-9-13-29(28)36(23)27-20-25-14-15-26(21-27)35(25)17-16-32(24-10-6-5-7-11-24)22-34(18-19-38-32)30(37)31(2,3)4/h5-13,25-27H,14-22H2,1-4H3. The number of carbonyl (C=O) groups excluding carboxylic acids is 1. The Balaban J connectivity index is 1.21. The summed E-state index contributed by atoms with van der Waals surface area (Å²) in [7, 11) is 0. The number of nitrogens with zero attached hydrogens (tertiary/aromatic N) is 4. The number of hydrogen-bond acceptors (Lipinski definition) is 4. The number of hydrogen-bond donors (Lipinski definition) is 0. The summed E-state index contributed by atoms with van der Waals surface area (Å²) in [6, 6.07) is 20.8. The van der Waals surface area contributed by atoms with E-state index in [4.69, 9.17) is 9.72 Å². The molecule has 3 aromatic rings. The zero-order valence-corrected chi connectivity index (χ0v) is 23.4. The average molecular weight is 515 g/mol. The van der Waals surface area contributed by atoms with Gasteiger partial charge in [-0.1, -0.05) is 63.2 Å². The fourth-order valence-electron chi connectivity index (χ4n) is 7.40. The molecule has 0 radical (unpaired) electrons. The van der Waals surface area contributed by atoms with Crippen molar-refractivity contribution < 1.29 is 9.53 Å². The highest BCUT2D eigenvalue weighted by atomic mass is 16.5. The molecular weight excluding hydrogens is 472 g/mol. The second-order valence-electron chi connectivity index (χ2n) is 12.7. The van der Waals surface area contributed by atoms with Crippen molar-refractivity contribution >= 4 is 16.9 Å². The second kappa shape index (κ2) is 9.80. The van der Waals surface area contributed by atoms with Crippen LogP contribution in [-0.2, 0) is 15.1 Å². The van der Waals surface area contributed by atoms with E-state index < -0.39 is 11.0 Å². The lowest BCUT2D eigenvalue weighted by Gasteiger charge is -2.47. The van der Waals surface area contributed by atoms with Gasteiger partial charge in [-0.15, -0.1) is 0 Å². The van der Waals surface area contributed by atoms with E-state index in [0.29, 0.717) is 37.8 Å². The lowest BCUT2D eigenvalue weighted by Crippen LogP contribution is -2.55. The summed E-state index contributed by atoms with van der Waals surface area (Å²) in [5.74, 6) is 1.34. The summed E-state index contributed by atoms with van der Waals surface area (Å²) >= 11 is 0. The summed E-state index contributed by atoms with van der Waals surface area (Å²) < 4.78 is 9.14. The summed E-state index contributed by atoms with van der Waals surface area (Å²) in [6.45, 7) is 11.1. The van der Waals surface area contributed by atoms with E-state index >= 15 is 0 Å². The Morgan fingerprint density at radius 3 is 2.39 bits per heavy atom. The molecule has 0 aliphatic carbocycles. The minimum atomic E-state index is -0.464. The first kappa shape index (κ1) is 25.6. The number of amides is 1. The third kappa shape index (κ3) is 4.56. The van der Waals surface area contributed by atoms with Gasteiger partial charge in [-0.3, -0.25) is 9.69 Å². The molecule has 4 heterocycles. The van der Waals surface area contributed by atoms with Crippen LogP contribution in [-0.4, -0.2) is 63.6 Å². The Hall–Kier alpha value is -2.70. The maximum absolute atomic E-state index is 13.3. The fraction of sp³-hybridized carbons (Fsp3) is 0.562. The molecule has 3 fully saturated rings. The van der Waals surface area contributed by atoms with Gasteiger partial charge in [0, 0.05) is 36.6 Å². The maximum atomic E-state index is 13.3. The first-order valence-electron chi connectivity index (χ1n) is 14.4. The number of carbonyl (C=O) groups is 1. The van der Waals surface area contributed by atoms with Crippen LogP contribution in [0.4, 0.5) is 0 Å². The normalized spacial score (nSPS) is 28.2. The molecule has 1 amide bonds. The van der Waals surface area contributed by atoms with E-state index in [9.17, 15) is 4.79 Å². The van der Waals surface area contributed by atoms with E-state index in [2.05, 4.69) is 71.0 Å². The van der Waals surface area contributed by atoms with Crippen molar-refractivity contribution in [3.63, 3.8) is 0 Å². The Bertz CT molecular complexity index is 1280. The first-order valence-corrected chi connectivity index (χ1v) is 14.4. The lowest BCUT2D eigenvalue weighted by atomic mass is 9.85. The van der Waals surface area contributed by atoms with Gasteiger partial charge in [0.15, 0.2) is 0 Å². The number of para-hydroxylation sites is 2. The summed E-state index contributed by atoms with van der Waals surface area (Å²) in [5.41, 5.74) is 2.71. The molecule has 1 aromatic heterocycles. The number of piperidine rings is 1. The molecule has 3 atom stereocenters. The van der Waals surface area contributed by atoms with Crippen molar-refractivity contribution in [2.45, 2.75) is 83.5 Å². The second-order valence-corrected chi connectivity index (χ2v) is 12.7.